The molecule has 1 aromatic heterocycles. The predicted molar refractivity (Wildman–Crippen MR) is 100.0 cm³/mol. The highest BCUT2D eigenvalue weighted by Gasteiger charge is 2.15. The van der Waals surface area contributed by atoms with Crippen LogP contribution in [0.2, 0.25) is 5.02 Å². The number of hydrogen-bond acceptors (Lipinski definition) is 1. The summed E-state index contributed by atoms with van der Waals surface area (Å²) in [6.45, 7) is 6.20. The Morgan fingerprint density at radius 3 is 2.68 bits per heavy atom. The van der Waals surface area contributed by atoms with Crippen LogP contribution in [0.1, 0.15) is 32.7 Å². The van der Waals surface area contributed by atoms with E-state index < -0.39 is 0 Å². The molecule has 3 rings (SSSR count). The number of carbonyl (C=O) groups is 1. The fourth-order valence-electron chi connectivity index (χ4n) is 3.17. The summed E-state index contributed by atoms with van der Waals surface area (Å²) in [5.41, 5.74) is 4.84. The van der Waals surface area contributed by atoms with Gasteiger partial charge in [0.05, 0.1) is 16.1 Å². The Balaban J connectivity index is 1.78. The molecule has 0 saturated heterocycles. The number of aromatic amines is 1. The van der Waals surface area contributed by atoms with Gasteiger partial charge >= 0.3 is 0 Å². The van der Waals surface area contributed by atoms with Crippen molar-refractivity contribution in [2.24, 2.45) is 0 Å². The molecular formula is C20H20ClFN2O. The smallest absolute Gasteiger partial charge is 0.252 e. The van der Waals surface area contributed by atoms with E-state index >= 15 is 0 Å². The van der Waals surface area contributed by atoms with Crippen molar-refractivity contribution in [2.45, 2.75) is 27.2 Å². The minimum atomic E-state index is -0.259. The zero-order chi connectivity index (χ0) is 18.1. The van der Waals surface area contributed by atoms with Crippen molar-refractivity contribution in [3.05, 3.63) is 69.1 Å². The van der Waals surface area contributed by atoms with E-state index in [1.807, 2.05) is 32.9 Å². The van der Waals surface area contributed by atoms with Crippen molar-refractivity contribution in [1.82, 2.24) is 10.3 Å². The Bertz CT molecular complexity index is 962. The molecule has 0 atom stereocenters. The van der Waals surface area contributed by atoms with Crippen LogP contribution in [0.3, 0.4) is 0 Å². The molecule has 0 aliphatic heterocycles. The summed E-state index contributed by atoms with van der Waals surface area (Å²) >= 11 is 6.20. The standard InChI is InChI=1S/C20H20ClFN2O/c1-11-7-8-16(22)19-17(11)14(13(3)24-19)9-10-23-20(25)15-6-4-5-12(2)18(15)21/h4-8,24H,9-10H2,1-3H3,(H,23,25). The summed E-state index contributed by atoms with van der Waals surface area (Å²) in [7, 11) is 0. The molecule has 0 radical (unpaired) electrons. The Kier molecular flexibility index (Phi) is 4.82. The molecule has 0 aliphatic rings. The molecule has 2 aromatic carbocycles. The third kappa shape index (κ3) is 3.27. The van der Waals surface area contributed by atoms with Crippen LogP contribution in [0.25, 0.3) is 10.9 Å². The number of rotatable bonds is 4. The number of nitrogens with one attached hydrogen (secondary N) is 2. The molecular weight excluding hydrogens is 339 g/mol. The van der Waals surface area contributed by atoms with Crippen molar-refractivity contribution < 1.29 is 9.18 Å². The van der Waals surface area contributed by atoms with Gasteiger partial charge in [0.25, 0.3) is 5.91 Å². The van der Waals surface area contributed by atoms with E-state index in [2.05, 4.69) is 10.3 Å². The first kappa shape index (κ1) is 17.5. The minimum absolute atomic E-state index is 0.200. The predicted octanol–water partition coefficient (Wildman–Crippen LogP) is 4.86. The average Bonchev–Trinajstić information content (AvgIpc) is 2.91. The normalized spacial score (nSPS) is 11.1. The highest BCUT2D eigenvalue weighted by molar-refractivity contribution is 6.34. The Hall–Kier alpha value is -2.33. The number of aryl methyl sites for hydroxylation is 3. The maximum atomic E-state index is 14.0. The lowest BCUT2D eigenvalue weighted by molar-refractivity contribution is 0.0954. The van der Waals surface area contributed by atoms with Gasteiger partial charge in [-0.25, -0.2) is 4.39 Å². The second-order valence-corrected chi connectivity index (χ2v) is 6.66. The molecule has 0 fully saturated rings. The van der Waals surface area contributed by atoms with Gasteiger partial charge in [-0.3, -0.25) is 4.79 Å². The van der Waals surface area contributed by atoms with Gasteiger partial charge in [0.15, 0.2) is 0 Å². The van der Waals surface area contributed by atoms with Gasteiger partial charge in [-0.2, -0.15) is 0 Å². The van der Waals surface area contributed by atoms with Crippen LogP contribution in [0.5, 0.6) is 0 Å². The van der Waals surface area contributed by atoms with E-state index in [-0.39, 0.29) is 11.7 Å². The maximum Gasteiger partial charge on any atom is 0.252 e. The maximum absolute atomic E-state index is 14.0. The molecule has 0 unspecified atom stereocenters. The highest BCUT2D eigenvalue weighted by atomic mass is 35.5. The van der Waals surface area contributed by atoms with Gasteiger partial charge in [-0.15, -0.1) is 0 Å². The third-order valence-electron chi connectivity index (χ3n) is 4.53. The number of fused-ring (bicyclic) bond motifs is 1. The minimum Gasteiger partial charge on any atom is -0.356 e. The summed E-state index contributed by atoms with van der Waals surface area (Å²) < 4.78 is 14.0. The molecule has 0 bridgehead atoms. The summed E-state index contributed by atoms with van der Waals surface area (Å²) in [4.78, 5) is 15.5. The van der Waals surface area contributed by atoms with Gasteiger partial charge in [0.1, 0.15) is 5.82 Å². The molecule has 3 aromatic rings. The lowest BCUT2D eigenvalue weighted by Gasteiger charge is -2.09. The van der Waals surface area contributed by atoms with Crippen molar-refractivity contribution >= 4 is 28.4 Å². The van der Waals surface area contributed by atoms with Gasteiger partial charge in [-0.05, 0) is 56.0 Å². The number of amides is 1. The lowest BCUT2D eigenvalue weighted by Crippen LogP contribution is -2.26. The van der Waals surface area contributed by atoms with Crippen LogP contribution in [0.15, 0.2) is 30.3 Å². The van der Waals surface area contributed by atoms with Gasteiger partial charge in [0, 0.05) is 17.6 Å². The molecule has 3 nitrogen and oxygen atoms in total. The van der Waals surface area contributed by atoms with Crippen molar-refractivity contribution in [1.29, 1.82) is 0 Å². The third-order valence-corrected chi connectivity index (χ3v) is 5.03. The topological polar surface area (TPSA) is 44.9 Å². The zero-order valence-electron chi connectivity index (χ0n) is 14.5. The molecule has 25 heavy (non-hydrogen) atoms. The Morgan fingerprint density at radius 2 is 1.92 bits per heavy atom. The van der Waals surface area contributed by atoms with E-state index in [0.717, 1.165) is 27.8 Å². The van der Waals surface area contributed by atoms with E-state index in [9.17, 15) is 9.18 Å². The molecule has 1 amide bonds. The van der Waals surface area contributed by atoms with Crippen LogP contribution >= 0.6 is 11.6 Å². The quantitative estimate of drug-likeness (QED) is 0.687. The molecule has 130 valence electrons. The lowest BCUT2D eigenvalue weighted by atomic mass is 10.0. The number of benzene rings is 2. The Morgan fingerprint density at radius 1 is 1.16 bits per heavy atom. The van der Waals surface area contributed by atoms with Crippen LogP contribution in [-0.4, -0.2) is 17.4 Å². The SMILES string of the molecule is Cc1cccc(C(=O)NCCc2c(C)[nH]c3c(F)ccc(C)c23)c1Cl. The fraction of sp³-hybridized carbons (Fsp3) is 0.250. The zero-order valence-corrected chi connectivity index (χ0v) is 15.2. The number of aromatic nitrogens is 1. The van der Waals surface area contributed by atoms with Crippen molar-refractivity contribution in [2.75, 3.05) is 6.54 Å². The second kappa shape index (κ2) is 6.89. The van der Waals surface area contributed by atoms with Crippen molar-refractivity contribution in [3.63, 3.8) is 0 Å². The van der Waals surface area contributed by atoms with Crippen molar-refractivity contribution in [3.8, 4) is 0 Å². The fourth-order valence-corrected chi connectivity index (χ4v) is 3.39. The van der Waals surface area contributed by atoms with Crippen LogP contribution in [0, 0.1) is 26.6 Å². The van der Waals surface area contributed by atoms with Gasteiger partial charge in [0.2, 0.25) is 0 Å². The number of H-pyrrole nitrogens is 1. The first-order valence-electron chi connectivity index (χ1n) is 8.19. The molecule has 0 saturated carbocycles. The number of carbonyl (C=O) groups excluding carboxylic acids is 1. The first-order chi connectivity index (χ1) is 11.9. The van der Waals surface area contributed by atoms with Crippen LogP contribution < -0.4 is 5.32 Å². The Labute approximate surface area is 151 Å². The van der Waals surface area contributed by atoms with Crippen LogP contribution in [-0.2, 0) is 6.42 Å². The second-order valence-electron chi connectivity index (χ2n) is 6.29. The van der Waals surface area contributed by atoms with E-state index in [4.69, 9.17) is 11.6 Å². The number of hydrogen-bond donors (Lipinski definition) is 2. The first-order valence-corrected chi connectivity index (χ1v) is 8.57. The van der Waals surface area contributed by atoms with Crippen LogP contribution in [0.4, 0.5) is 4.39 Å². The summed E-state index contributed by atoms with van der Waals surface area (Å²) in [6.07, 6.45) is 0.616. The molecule has 0 aliphatic carbocycles. The van der Waals surface area contributed by atoms with Gasteiger partial charge < -0.3 is 10.3 Å². The van der Waals surface area contributed by atoms with E-state index in [0.29, 0.717) is 29.1 Å². The average molecular weight is 359 g/mol. The summed E-state index contributed by atoms with van der Waals surface area (Å²) in [5, 5.41) is 4.28. The van der Waals surface area contributed by atoms with Gasteiger partial charge in [-0.1, -0.05) is 29.8 Å². The van der Waals surface area contributed by atoms with E-state index in [1.54, 1.807) is 12.1 Å². The van der Waals surface area contributed by atoms with E-state index in [1.165, 1.54) is 6.07 Å². The molecule has 5 heteroatoms. The monoisotopic (exact) mass is 358 g/mol. The molecule has 2 N–H and O–H groups in total. The molecule has 0 spiro atoms. The largest absolute Gasteiger partial charge is 0.356 e. The summed E-state index contributed by atoms with van der Waals surface area (Å²) in [5.74, 6) is -0.459. The molecule has 1 heterocycles. The number of halogens is 2. The summed E-state index contributed by atoms with van der Waals surface area (Å²) in [6, 6.07) is 8.64. The highest BCUT2D eigenvalue weighted by Crippen LogP contribution is 2.28.